The fourth-order valence-corrected chi connectivity index (χ4v) is 5.49. The number of allylic oxidation sites excluding steroid dienone is 1. The lowest BCUT2D eigenvalue weighted by Gasteiger charge is -2.20. The van der Waals surface area contributed by atoms with Gasteiger partial charge >= 0.3 is 0 Å². The number of hydrogen-bond acceptors (Lipinski definition) is 5. The molecule has 5 nitrogen and oxygen atoms in total. The van der Waals surface area contributed by atoms with Gasteiger partial charge in [-0.15, -0.1) is 17.9 Å². The zero-order chi connectivity index (χ0) is 19.6. The minimum Gasteiger partial charge on any atom is -0.351 e. The van der Waals surface area contributed by atoms with Crippen molar-refractivity contribution in [2.24, 2.45) is 0 Å². The molecule has 7 heteroatoms. The van der Waals surface area contributed by atoms with Gasteiger partial charge in [0.1, 0.15) is 4.83 Å². The van der Waals surface area contributed by atoms with Crippen LogP contribution < -0.4 is 10.9 Å². The molecule has 1 N–H and O–H groups in total. The Morgan fingerprint density at radius 1 is 1.33 bits per heavy atom. The molecule has 0 radical (unpaired) electrons. The molecule has 2 aromatic rings. The maximum atomic E-state index is 13.2. The van der Waals surface area contributed by atoms with E-state index in [9.17, 15) is 9.59 Å². The smallest absolute Gasteiger partial charge is 0.263 e. The van der Waals surface area contributed by atoms with Crippen LogP contribution in [0.4, 0.5) is 0 Å². The van der Waals surface area contributed by atoms with Crippen molar-refractivity contribution in [1.82, 2.24) is 14.9 Å². The molecular weight excluding hydrogens is 378 g/mol. The van der Waals surface area contributed by atoms with Crippen LogP contribution in [0.5, 0.6) is 0 Å². The van der Waals surface area contributed by atoms with Crippen LogP contribution in [0, 0.1) is 0 Å². The van der Waals surface area contributed by atoms with E-state index in [0.717, 1.165) is 29.5 Å². The zero-order valence-corrected chi connectivity index (χ0v) is 17.9. The van der Waals surface area contributed by atoms with Gasteiger partial charge in [0.15, 0.2) is 5.16 Å². The summed E-state index contributed by atoms with van der Waals surface area (Å²) >= 11 is 2.96. The molecule has 0 fully saturated rings. The summed E-state index contributed by atoms with van der Waals surface area (Å²) in [5.41, 5.74) is 0.920. The van der Waals surface area contributed by atoms with Crippen LogP contribution >= 0.6 is 23.1 Å². The molecule has 146 valence electrons. The number of nitrogens with one attached hydrogen (secondary N) is 1. The van der Waals surface area contributed by atoms with Gasteiger partial charge in [0, 0.05) is 17.0 Å². The van der Waals surface area contributed by atoms with Crippen molar-refractivity contribution in [2.75, 3.05) is 5.75 Å². The highest BCUT2D eigenvalue weighted by atomic mass is 32.2. The summed E-state index contributed by atoms with van der Waals surface area (Å²) in [4.78, 5) is 32.3. The summed E-state index contributed by atoms with van der Waals surface area (Å²) in [5, 5.41) is 4.32. The highest BCUT2D eigenvalue weighted by Crippen LogP contribution is 2.34. The van der Waals surface area contributed by atoms with E-state index in [4.69, 9.17) is 4.98 Å². The van der Waals surface area contributed by atoms with Crippen LogP contribution in [0.3, 0.4) is 0 Å². The van der Waals surface area contributed by atoms with Crippen molar-refractivity contribution >= 4 is 39.2 Å². The molecule has 0 bridgehead atoms. The van der Waals surface area contributed by atoms with E-state index in [2.05, 4.69) is 11.9 Å². The molecule has 1 aliphatic rings. The number of thioether (sulfide) groups is 1. The second kappa shape index (κ2) is 8.19. The number of carbonyl (C=O) groups excluding carboxylic acids is 1. The van der Waals surface area contributed by atoms with E-state index in [1.165, 1.54) is 35.0 Å². The number of hydrogen-bond donors (Lipinski definition) is 1. The lowest BCUT2D eigenvalue weighted by atomic mass is 10.1. The van der Waals surface area contributed by atoms with E-state index in [0.29, 0.717) is 11.7 Å². The number of thiophene rings is 1. The number of fused-ring (bicyclic) bond motifs is 3. The highest BCUT2D eigenvalue weighted by Gasteiger charge is 2.22. The molecule has 1 amide bonds. The fourth-order valence-electron chi connectivity index (χ4n) is 3.38. The van der Waals surface area contributed by atoms with E-state index >= 15 is 0 Å². The van der Waals surface area contributed by atoms with Gasteiger partial charge in [0.25, 0.3) is 5.56 Å². The van der Waals surface area contributed by atoms with Crippen LogP contribution in [0.2, 0.25) is 0 Å². The largest absolute Gasteiger partial charge is 0.351 e. The molecule has 0 saturated carbocycles. The fraction of sp³-hybridized carbons (Fsp3) is 0.550. The monoisotopic (exact) mass is 405 g/mol. The molecule has 0 aromatic carbocycles. The van der Waals surface area contributed by atoms with Gasteiger partial charge in [0.05, 0.1) is 11.1 Å². The van der Waals surface area contributed by atoms with E-state index < -0.39 is 0 Å². The first-order valence-electron chi connectivity index (χ1n) is 9.40. The Morgan fingerprint density at radius 2 is 2.07 bits per heavy atom. The Hall–Kier alpha value is -1.60. The van der Waals surface area contributed by atoms with E-state index in [1.807, 2.05) is 20.8 Å². The van der Waals surface area contributed by atoms with Gasteiger partial charge in [-0.05, 0) is 52.0 Å². The number of nitrogens with zero attached hydrogens (tertiary/aromatic N) is 2. The number of rotatable bonds is 5. The SMILES string of the molecule is C=CCn1c(SCC(=O)NC(C)(C)C)nc2sc3c(c2c1=O)CCCCC3. The Kier molecular flexibility index (Phi) is 6.11. The number of aromatic nitrogens is 2. The summed E-state index contributed by atoms with van der Waals surface area (Å²) in [7, 11) is 0. The third kappa shape index (κ3) is 4.63. The van der Waals surface area contributed by atoms with Gasteiger partial charge in [-0.25, -0.2) is 4.98 Å². The van der Waals surface area contributed by atoms with Gasteiger partial charge in [-0.2, -0.15) is 0 Å². The Balaban J connectivity index is 1.97. The van der Waals surface area contributed by atoms with Gasteiger partial charge in [-0.1, -0.05) is 24.3 Å². The molecule has 0 spiro atoms. The molecule has 0 unspecified atom stereocenters. The van der Waals surface area contributed by atoms with Crippen LogP contribution in [-0.2, 0) is 24.2 Å². The summed E-state index contributed by atoms with van der Waals surface area (Å²) in [6.07, 6.45) is 7.22. The van der Waals surface area contributed by atoms with E-state index in [1.54, 1.807) is 22.0 Å². The summed E-state index contributed by atoms with van der Waals surface area (Å²) in [5.74, 6) is 0.172. The maximum Gasteiger partial charge on any atom is 0.263 e. The quantitative estimate of drug-likeness (QED) is 0.354. The molecule has 27 heavy (non-hydrogen) atoms. The maximum absolute atomic E-state index is 13.2. The normalized spacial score (nSPS) is 14.6. The van der Waals surface area contributed by atoms with Crippen molar-refractivity contribution in [3.8, 4) is 0 Å². The number of carbonyl (C=O) groups is 1. The third-order valence-corrected chi connectivity index (χ3v) is 6.61. The Labute approximate surface area is 168 Å². The number of amides is 1. The molecule has 1 aliphatic carbocycles. The first kappa shape index (κ1) is 20.1. The molecule has 2 heterocycles. The van der Waals surface area contributed by atoms with Crippen molar-refractivity contribution in [1.29, 1.82) is 0 Å². The standard InChI is InChI=1S/C20H27N3O2S2/c1-5-11-23-18(25)16-13-9-7-6-8-10-14(13)27-17(16)21-19(23)26-12-15(24)22-20(2,3)4/h5H,1,6-12H2,2-4H3,(H,22,24). The predicted molar refractivity (Wildman–Crippen MR) is 114 cm³/mol. The zero-order valence-electron chi connectivity index (χ0n) is 16.3. The summed E-state index contributed by atoms with van der Waals surface area (Å²) in [6.45, 7) is 10.0. The predicted octanol–water partition coefficient (Wildman–Crippen LogP) is 3.92. The van der Waals surface area contributed by atoms with Gasteiger partial charge in [-0.3, -0.25) is 14.2 Å². The molecule has 0 atom stereocenters. The summed E-state index contributed by atoms with van der Waals surface area (Å²) in [6, 6.07) is 0. The minimum absolute atomic E-state index is 0.00182. The first-order chi connectivity index (χ1) is 12.8. The lowest BCUT2D eigenvalue weighted by Crippen LogP contribution is -2.41. The van der Waals surface area contributed by atoms with Gasteiger partial charge in [0.2, 0.25) is 5.91 Å². The van der Waals surface area contributed by atoms with Crippen LogP contribution in [-0.4, -0.2) is 26.8 Å². The van der Waals surface area contributed by atoms with Gasteiger partial charge < -0.3 is 5.32 Å². The van der Waals surface area contributed by atoms with Crippen molar-refractivity contribution in [2.45, 2.75) is 70.1 Å². The summed E-state index contributed by atoms with van der Waals surface area (Å²) < 4.78 is 1.66. The lowest BCUT2D eigenvalue weighted by molar-refractivity contribution is -0.119. The van der Waals surface area contributed by atoms with Crippen molar-refractivity contribution in [3.63, 3.8) is 0 Å². The highest BCUT2D eigenvalue weighted by molar-refractivity contribution is 7.99. The second-order valence-corrected chi connectivity index (χ2v) is 9.96. The third-order valence-electron chi connectivity index (χ3n) is 4.45. The molecule has 0 saturated heterocycles. The van der Waals surface area contributed by atoms with E-state index in [-0.39, 0.29) is 22.8 Å². The topological polar surface area (TPSA) is 64.0 Å². The first-order valence-corrected chi connectivity index (χ1v) is 11.2. The van der Waals surface area contributed by atoms with Crippen LogP contribution in [0.15, 0.2) is 22.6 Å². The Bertz CT molecular complexity index is 922. The van der Waals surface area contributed by atoms with Crippen molar-refractivity contribution in [3.05, 3.63) is 33.4 Å². The minimum atomic E-state index is -0.277. The average molecular weight is 406 g/mol. The average Bonchev–Trinajstić information content (AvgIpc) is 2.76. The molecule has 3 rings (SSSR count). The number of aryl methyl sites for hydroxylation is 2. The molecule has 0 aliphatic heterocycles. The van der Waals surface area contributed by atoms with Crippen LogP contribution in [0.1, 0.15) is 50.5 Å². The molecular formula is C20H27N3O2S2. The Morgan fingerprint density at radius 3 is 2.78 bits per heavy atom. The van der Waals surface area contributed by atoms with Crippen LogP contribution in [0.25, 0.3) is 10.2 Å². The van der Waals surface area contributed by atoms with Crippen molar-refractivity contribution < 1.29 is 4.79 Å². The second-order valence-electron chi connectivity index (χ2n) is 7.93. The molecule has 2 aromatic heterocycles.